The van der Waals surface area contributed by atoms with Gasteiger partial charge in [0, 0.05) is 30.0 Å². The first-order valence-corrected chi connectivity index (χ1v) is 11.2. The predicted molar refractivity (Wildman–Crippen MR) is 113 cm³/mol. The van der Waals surface area contributed by atoms with Crippen molar-refractivity contribution < 1.29 is 19.1 Å². The first-order chi connectivity index (χ1) is 14.6. The maximum absolute atomic E-state index is 13.2. The van der Waals surface area contributed by atoms with Crippen molar-refractivity contribution in [3.8, 4) is 0 Å². The molecule has 4 atom stereocenters. The molecule has 1 aromatic rings. The Morgan fingerprint density at radius 3 is 2.77 bits per heavy atom. The maximum Gasteiger partial charge on any atom is 0.354 e. The summed E-state index contributed by atoms with van der Waals surface area (Å²) >= 11 is 0. The van der Waals surface area contributed by atoms with Crippen LogP contribution in [0.1, 0.15) is 51.0 Å². The Kier molecular flexibility index (Phi) is 4.85. The van der Waals surface area contributed by atoms with E-state index in [2.05, 4.69) is 47.1 Å². The van der Waals surface area contributed by atoms with Gasteiger partial charge in [-0.25, -0.2) is 4.79 Å². The van der Waals surface area contributed by atoms with Crippen LogP contribution in [-0.4, -0.2) is 55.2 Å². The van der Waals surface area contributed by atoms with E-state index in [4.69, 9.17) is 9.47 Å². The van der Waals surface area contributed by atoms with Gasteiger partial charge in [0.2, 0.25) is 0 Å². The molecule has 6 nitrogen and oxygen atoms in total. The molecule has 0 aliphatic carbocycles. The molecule has 5 rings (SSSR count). The number of esters is 2. The van der Waals surface area contributed by atoms with Crippen molar-refractivity contribution in [2.45, 2.75) is 57.5 Å². The molecule has 0 amide bonds. The summed E-state index contributed by atoms with van der Waals surface area (Å²) < 4.78 is 10.5. The van der Waals surface area contributed by atoms with Crippen LogP contribution in [0.2, 0.25) is 0 Å². The van der Waals surface area contributed by atoms with E-state index in [1.807, 2.05) is 0 Å². The van der Waals surface area contributed by atoms with E-state index in [9.17, 15) is 9.59 Å². The van der Waals surface area contributed by atoms with Crippen LogP contribution >= 0.6 is 0 Å². The normalized spacial score (nSPS) is 31.5. The van der Waals surface area contributed by atoms with Crippen molar-refractivity contribution in [3.63, 3.8) is 0 Å². The van der Waals surface area contributed by atoms with Gasteiger partial charge in [-0.2, -0.15) is 0 Å². The molecule has 0 N–H and O–H groups in total. The summed E-state index contributed by atoms with van der Waals surface area (Å²) in [7, 11) is 0. The second kappa shape index (κ2) is 7.41. The quantitative estimate of drug-likeness (QED) is 0.549. The molecular formula is C24H30N2O4. The van der Waals surface area contributed by atoms with E-state index in [-0.39, 0.29) is 36.6 Å². The van der Waals surface area contributed by atoms with E-state index in [0.717, 1.165) is 38.0 Å². The van der Waals surface area contributed by atoms with Crippen molar-refractivity contribution in [1.82, 2.24) is 4.90 Å². The summed E-state index contributed by atoms with van der Waals surface area (Å²) in [4.78, 5) is 29.2. The predicted octanol–water partition coefficient (Wildman–Crippen LogP) is 3.23. The average molecular weight is 411 g/mol. The molecule has 0 saturated carbocycles. The lowest BCUT2D eigenvalue weighted by Gasteiger charge is -2.59. The van der Waals surface area contributed by atoms with Crippen LogP contribution in [0.4, 0.5) is 5.69 Å². The van der Waals surface area contributed by atoms with Crippen molar-refractivity contribution >= 4 is 17.6 Å². The Morgan fingerprint density at radius 1 is 1.17 bits per heavy atom. The number of piperidine rings is 2. The van der Waals surface area contributed by atoms with Gasteiger partial charge in [0.05, 0.1) is 6.04 Å². The van der Waals surface area contributed by atoms with Gasteiger partial charge in [0.25, 0.3) is 0 Å². The first-order valence-electron chi connectivity index (χ1n) is 11.2. The summed E-state index contributed by atoms with van der Waals surface area (Å²) in [5.74, 6) is -0.230. The lowest BCUT2D eigenvalue weighted by molar-refractivity contribution is -0.148. The van der Waals surface area contributed by atoms with Crippen molar-refractivity contribution in [2.75, 3.05) is 31.2 Å². The summed E-state index contributed by atoms with van der Waals surface area (Å²) in [5.41, 5.74) is 3.18. The summed E-state index contributed by atoms with van der Waals surface area (Å²) in [5, 5.41) is 0. The molecule has 4 aliphatic heterocycles. The van der Waals surface area contributed by atoms with Gasteiger partial charge in [-0.3, -0.25) is 9.69 Å². The second-order valence-corrected chi connectivity index (χ2v) is 8.99. The lowest BCUT2D eigenvalue weighted by Crippen LogP contribution is -2.67. The number of anilines is 1. The zero-order chi connectivity index (χ0) is 20.9. The van der Waals surface area contributed by atoms with Crippen LogP contribution in [0.15, 0.2) is 36.0 Å². The molecule has 4 aliphatic rings. The highest BCUT2D eigenvalue weighted by atomic mass is 16.6. The Balaban J connectivity index is 1.54. The van der Waals surface area contributed by atoms with Gasteiger partial charge in [-0.1, -0.05) is 25.1 Å². The zero-order valence-electron chi connectivity index (χ0n) is 17.8. The number of nitrogens with zero attached hydrogens (tertiary/aromatic N) is 2. The van der Waals surface area contributed by atoms with E-state index in [0.29, 0.717) is 17.7 Å². The summed E-state index contributed by atoms with van der Waals surface area (Å²) in [6.07, 6.45) is 6.65. The molecule has 2 saturated heterocycles. The van der Waals surface area contributed by atoms with E-state index in [1.165, 1.54) is 18.9 Å². The van der Waals surface area contributed by atoms with Crippen LogP contribution in [-0.2, 0) is 19.1 Å². The van der Waals surface area contributed by atoms with Gasteiger partial charge < -0.3 is 14.4 Å². The number of para-hydroxylation sites is 1. The number of benzene rings is 1. The van der Waals surface area contributed by atoms with Gasteiger partial charge >= 0.3 is 11.9 Å². The van der Waals surface area contributed by atoms with Crippen molar-refractivity contribution in [3.05, 3.63) is 41.6 Å². The molecular weight excluding hydrogens is 380 g/mol. The standard InChI is InChI=1S/C24H30N2O4/c1-3-24-10-6-11-25-12-9-18-17-7-4-5-8-19(17)26(21(18)22(24)25)20(15-24)23(28)30-14-13-29-16(2)27/h4-5,7-8,15,18,21-22H,3,6,9-14H2,1-2H3/t18?,21-,22?,24+/m0/s1. The highest BCUT2D eigenvalue weighted by Crippen LogP contribution is 2.58. The number of carbonyl (C=O) groups is 2. The minimum atomic E-state index is -0.364. The fraction of sp³-hybridized carbons (Fsp3) is 0.583. The third-order valence-corrected chi connectivity index (χ3v) is 7.60. The Hall–Kier alpha value is -2.34. The molecule has 2 fully saturated rings. The fourth-order valence-corrected chi connectivity index (χ4v) is 6.43. The highest BCUT2D eigenvalue weighted by molar-refractivity contribution is 5.95. The topological polar surface area (TPSA) is 59.1 Å². The molecule has 160 valence electrons. The highest BCUT2D eigenvalue weighted by Gasteiger charge is 2.59. The minimum absolute atomic E-state index is 0.00433. The van der Waals surface area contributed by atoms with E-state index < -0.39 is 0 Å². The molecule has 0 spiro atoms. The molecule has 0 aromatic heterocycles. The smallest absolute Gasteiger partial charge is 0.354 e. The van der Waals surface area contributed by atoms with Gasteiger partial charge in [-0.05, 0) is 56.5 Å². The van der Waals surface area contributed by atoms with Crippen molar-refractivity contribution in [2.24, 2.45) is 5.41 Å². The minimum Gasteiger partial charge on any atom is -0.462 e. The molecule has 4 heterocycles. The van der Waals surface area contributed by atoms with Crippen LogP contribution in [0.5, 0.6) is 0 Å². The number of hydrogen-bond donors (Lipinski definition) is 0. The largest absolute Gasteiger partial charge is 0.462 e. The monoisotopic (exact) mass is 410 g/mol. The third kappa shape index (κ3) is 2.88. The first kappa shape index (κ1) is 19.6. The number of rotatable bonds is 5. The number of ether oxygens (including phenoxy) is 2. The molecule has 0 radical (unpaired) electrons. The lowest BCUT2D eigenvalue weighted by atomic mass is 9.62. The van der Waals surface area contributed by atoms with Crippen LogP contribution < -0.4 is 4.90 Å². The number of carbonyl (C=O) groups excluding carboxylic acids is 2. The molecule has 1 aromatic carbocycles. The average Bonchev–Trinajstić information content (AvgIpc) is 3.10. The van der Waals surface area contributed by atoms with E-state index in [1.54, 1.807) is 0 Å². The van der Waals surface area contributed by atoms with Crippen LogP contribution in [0.3, 0.4) is 0 Å². The molecule has 30 heavy (non-hydrogen) atoms. The van der Waals surface area contributed by atoms with E-state index >= 15 is 0 Å². The van der Waals surface area contributed by atoms with Gasteiger partial charge in [-0.15, -0.1) is 0 Å². The third-order valence-electron chi connectivity index (χ3n) is 7.60. The Labute approximate surface area is 177 Å². The molecule has 0 bridgehead atoms. The Bertz CT molecular complexity index is 897. The SMILES string of the molecule is CC[C@]12C=C(C(=O)OCCOC(C)=O)N3c4ccccc4C4CCN(CCC1)C2[C@H]43. The number of hydrogen-bond acceptors (Lipinski definition) is 6. The molecule has 2 unspecified atom stereocenters. The molecule has 6 heteroatoms. The van der Waals surface area contributed by atoms with Crippen LogP contribution in [0, 0.1) is 5.41 Å². The zero-order valence-corrected chi connectivity index (χ0v) is 17.8. The maximum atomic E-state index is 13.2. The fourth-order valence-electron chi connectivity index (χ4n) is 6.43. The number of fused-ring (bicyclic) bond motifs is 3. The van der Waals surface area contributed by atoms with Crippen molar-refractivity contribution in [1.29, 1.82) is 0 Å². The summed E-state index contributed by atoms with van der Waals surface area (Å²) in [6.45, 7) is 6.06. The summed E-state index contributed by atoms with van der Waals surface area (Å²) in [6, 6.07) is 9.24. The van der Waals surface area contributed by atoms with Gasteiger partial charge in [0.1, 0.15) is 18.9 Å². The van der Waals surface area contributed by atoms with Gasteiger partial charge in [0.15, 0.2) is 0 Å². The Morgan fingerprint density at radius 2 is 1.97 bits per heavy atom. The second-order valence-electron chi connectivity index (χ2n) is 8.99. The van der Waals surface area contributed by atoms with Crippen LogP contribution in [0.25, 0.3) is 0 Å².